The number of nitro groups is 1. The summed E-state index contributed by atoms with van der Waals surface area (Å²) in [4.78, 5) is 28.9. The van der Waals surface area contributed by atoms with E-state index in [1.54, 1.807) is 12.1 Å². The first-order valence-electron chi connectivity index (χ1n) is 9.85. The maximum atomic E-state index is 12.7. The zero-order valence-corrected chi connectivity index (χ0v) is 16.4. The molecule has 0 aliphatic carbocycles. The third-order valence-corrected chi connectivity index (χ3v) is 5.80. The van der Waals surface area contributed by atoms with Gasteiger partial charge in [-0.1, -0.05) is 18.0 Å². The SMILES string of the molecule is O=C(C[NH+]1CCCCCCC1)N1CCN(c2ccc(Cl)cc2[N+](=O)[O-])CC1. The van der Waals surface area contributed by atoms with Gasteiger partial charge in [0.1, 0.15) is 5.69 Å². The molecule has 1 N–H and O–H groups in total. The van der Waals surface area contributed by atoms with Gasteiger partial charge in [0.05, 0.1) is 18.0 Å². The molecule has 2 heterocycles. The number of nitro benzene ring substituents is 1. The van der Waals surface area contributed by atoms with Crippen LogP contribution in [0, 0.1) is 10.1 Å². The number of amides is 1. The van der Waals surface area contributed by atoms with Crippen molar-refractivity contribution in [3.63, 3.8) is 0 Å². The largest absolute Gasteiger partial charge is 0.362 e. The van der Waals surface area contributed by atoms with E-state index in [1.165, 1.54) is 43.1 Å². The molecular formula is C19H28ClN4O3+. The number of likely N-dealkylation sites (tertiary alicyclic amines) is 1. The number of nitrogens with zero attached hydrogens (tertiary/aromatic N) is 3. The number of quaternary nitrogens is 1. The average Bonchev–Trinajstić information content (AvgIpc) is 2.64. The van der Waals surface area contributed by atoms with Crippen molar-refractivity contribution in [3.8, 4) is 0 Å². The van der Waals surface area contributed by atoms with Crippen molar-refractivity contribution in [3.05, 3.63) is 33.3 Å². The van der Waals surface area contributed by atoms with Crippen LogP contribution in [-0.2, 0) is 4.79 Å². The summed E-state index contributed by atoms with van der Waals surface area (Å²) in [7, 11) is 0. The minimum atomic E-state index is -0.399. The average molecular weight is 396 g/mol. The lowest BCUT2D eigenvalue weighted by Gasteiger charge is -2.36. The molecule has 1 aromatic rings. The van der Waals surface area contributed by atoms with E-state index >= 15 is 0 Å². The van der Waals surface area contributed by atoms with E-state index in [9.17, 15) is 14.9 Å². The molecule has 0 saturated carbocycles. The molecular weight excluding hydrogens is 368 g/mol. The van der Waals surface area contributed by atoms with Crippen molar-refractivity contribution in [1.29, 1.82) is 0 Å². The molecule has 1 aromatic carbocycles. The van der Waals surface area contributed by atoms with Gasteiger partial charge in [0.2, 0.25) is 0 Å². The first-order valence-corrected chi connectivity index (χ1v) is 10.2. The van der Waals surface area contributed by atoms with Crippen LogP contribution in [0.1, 0.15) is 32.1 Å². The minimum Gasteiger partial charge on any atom is -0.362 e. The van der Waals surface area contributed by atoms with E-state index in [0.29, 0.717) is 43.4 Å². The Morgan fingerprint density at radius 2 is 1.70 bits per heavy atom. The number of hydrogen-bond acceptors (Lipinski definition) is 4. The molecule has 2 aliphatic rings. The standard InChI is InChI=1S/C19H27ClN4O3/c20-16-6-7-17(18(14-16)24(26)27)22-10-12-23(13-11-22)19(25)15-21-8-4-2-1-3-5-9-21/h6-7,14H,1-5,8-13,15H2/p+1. The summed E-state index contributed by atoms with van der Waals surface area (Å²) in [5.41, 5.74) is 0.596. The first kappa shape index (κ1) is 19.9. The Morgan fingerprint density at radius 3 is 2.33 bits per heavy atom. The number of nitrogens with one attached hydrogen (secondary N) is 1. The van der Waals surface area contributed by atoms with E-state index in [2.05, 4.69) is 0 Å². The Morgan fingerprint density at radius 1 is 1.07 bits per heavy atom. The summed E-state index contributed by atoms with van der Waals surface area (Å²) in [5.74, 6) is 0.204. The molecule has 3 rings (SSSR count). The highest BCUT2D eigenvalue weighted by Crippen LogP contribution is 2.31. The van der Waals surface area contributed by atoms with Crippen molar-refractivity contribution in [2.24, 2.45) is 0 Å². The predicted molar refractivity (Wildman–Crippen MR) is 106 cm³/mol. The lowest BCUT2D eigenvalue weighted by Crippen LogP contribution is -3.13. The zero-order chi connectivity index (χ0) is 19.2. The van der Waals surface area contributed by atoms with Crippen LogP contribution >= 0.6 is 11.6 Å². The molecule has 1 amide bonds. The zero-order valence-electron chi connectivity index (χ0n) is 15.7. The molecule has 0 aromatic heterocycles. The normalized spacial score (nSPS) is 19.4. The van der Waals surface area contributed by atoms with Gasteiger partial charge in [0.25, 0.3) is 11.6 Å². The molecule has 0 atom stereocenters. The number of benzene rings is 1. The van der Waals surface area contributed by atoms with Gasteiger partial charge in [-0.15, -0.1) is 0 Å². The Bertz CT molecular complexity index is 669. The Labute approximate surface area is 165 Å². The second-order valence-corrected chi connectivity index (χ2v) is 7.89. The third-order valence-electron chi connectivity index (χ3n) is 5.57. The third kappa shape index (κ3) is 5.32. The molecule has 0 radical (unpaired) electrons. The van der Waals surface area contributed by atoms with Crippen molar-refractivity contribution in [2.75, 3.05) is 50.7 Å². The van der Waals surface area contributed by atoms with Crippen molar-refractivity contribution in [2.45, 2.75) is 32.1 Å². The second-order valence-electron chi connectivity index (χ2n) is 7.45. The summed E-state index contributed by atoms with van der Waals surface area (Å²) < 4.78 is 0. The molecule has 8 heteroatoms. The number of hydrogen-bond donors (Lipinski definition) is 1. The van der Waals surface area contributed by atoms with Crippen molar-refractivity contribution < 1.29 is 14.6 Å². The molecule has 0 spiro atoms. The quantitative estimate of drug-likeness (QED) is 0.622. The van der Waals surface area contributed by atoms with Crippen LogP contribution in [-0.4, -0.2) is 61.5 Å². The van der Waals surface area contributed by atoms with Gasteiger partial charge in [-0.05, 0) is 37.8 Å². The number of rotatable bonds is 4. The number of carbonyl (C=O) groups is 1. The van der Waals surface area contributed by atoms with Gasteiger partial charge in [0.15, 0.2) is 6.54 Å². The van der Waals surface area contributed by atoms with E-state index in [4.69, 9.17) is 11.6 Å². The molecule has 0 bridgehead atoms. The maximum Gasteiger partial charge on any atom is 0.294 e. The van der Waals surface area contributed by atoms with Crippen LogP contribution in [0.4, 0.5) is 11.4 Å². The molecule has 0 unspecified atom stereocenters. The summed E-state index contributed by atoms with van der Waals surface area (Å²) in [5, 5.41) is 11.7. The fourth-order valence-corrected chi connectivity index (χ4v) is 4.18. The highest BCUT2D eigenvalue weighted by molar-refractivity contribution is 6.30. The Balaban J connectivity index is 1.55. The highest BCUT2D eigenvalue weighted by atomic mass is 35.5. The number of piperazine rings is 1. The van der Waals surface area contributed by atoms with Crippen molar-refractivity contribution >= 4 is 28.9 Å². The fourth-order valence-electron chi connectivity index (χ4n) is 4.01. The van der Waals surface area contributed by atoms with E-state index < -0.39 is 4.92 Å². The Hall–Kier alpha value is -1.86. The van der Waals surface area contributed by atoms with Crippen LogP contribution in [0.3, 0.4) is 0 Å². The molecule has 2 fully saturated rings. The molecule has 148 valence electrons. The van der Waals surface area contributed by atoms with Gasteiger partial charge < -0.3 is 14.7 Å². The Kier molecular flexibility index (Phi) is 6.90. The summed E-state index contributed by atoms with van der Waals surface area (Å²) in [6.07, 6.45) is 6.28. The molecule has 7 nitrogen and oxygen atoms in total. The van der Waals surface area contributed by atoms with E-state index in [-0.39, 0.29) is 11.6 Å². The van der Waals surface area contributed by atoms with Gasteiger partial charge >= 0.3 is 0 Å². The van der Waals surface area contributed by atoms with E-state index in [1.807, 2.05) is 9.80 Å². The first-order chi connectivity index (χ1) is 13.0. The molecule has 27 heavy (non-hydrogen) atoms. The van der Waals surface area contributed by atoms with Gasteiger partial charge in [-0.2, -0.15) is 0 Å². The fraction of sp³-hybridized carbons (Fsp3) is 0.632. The number of carbonyl (C=O) groups excluding carboxylic acids is 1. The lowest BCUT2D eigenvalue weighted by atomic mass is 10.1. The van der Waals surface area contributed by atoms with Crippen LogP contribution in [0.25, 0.3) is 0 Å². The minimum absolute atomic E-state index is 0.0207. The lowest BCUT2D eigenvalue weighted by molar-refractivity contribution is -0.893. The smallest absolute Gasteiger partial charge is 0.294 e. The van der Waals surface area contributed by atoms with Crippen LogP contribution < -0.4 is 9.80 Å². The van der Waals surface area contributed by atoms with Crippen molar-refractivity contribution in [1.82, 2.24) is 4.90 Å². The monoisotopic (exact) mass is 395 g/mol. The predicted octanol–water partition coefficient (Wildman–Crippen LogP) is 1.75. The van der Waals surface area contributed by atoms with Crippen LogP contribution in [0.15, 0.2) is 18.2 Å². The van der Waals surface area contributed by atoms with Crippen LogP contribution in [0.5, 0.6) is 0 Å². The maximum absolute atomic E-state index is 12.7. The van der Waals surface area contributed by atoms with Crippen LogP contribution in [0.2, 0.25) is 5.02 Å². The van der Waals surface area contributed by atoms with Gasteiger partial charge in [-0.3, -0.25) is 14.9 Å². The molecule has 2 saturated heterocycles. The topological polar surface area (TPSA) is 71.1 Å². The summed E-state index contributed by atoms with van der Waals surface area (Å²) in [6, 6.07) is 4.76. The van der Waals surface area contributed by atoms with Gasteiger partial charge in [0, 0.05) is 37.3 Å². The number of anilines is 1. The summed E-state index contributed by atoms with van der Waals surface area (Å²) in [6.45, 7) is 5.15. The second kappa shape index (κ2) is 9.37. The summed E-state index contributed by atoms with van der Waals surface area (Å²) >= 11 is 5.90. The highest BCUT2D eigenvalue weighted by Gasteiger charge is 2.27. The van der Waals surface area contributed by atoms with E-state index in [0.717, 1.165) is 13.1 Å². The number of halogens is 1. The molecule has 2 aliphatic heterocycles. The van der Waals surface area contributed by atoms with Gasteiger partial charge in [-0.25, -0.2) is 0 Å².